The standard InChI is InChI=1S/C17H24N4O3/c1-23-11-17-10-21(8-13(17)9-24-12-17)15-7-18-6-14(19-15)16(22)20-4-2-3-5-20/h6-7,13H,2-5,8-12H2,1H3/t13-,17-/m0/s1. The molecule has 2 atom stereocenters. The van der Waals surface area contributed by atoms with E-state index in [2.05, 4.69) is 14.9 Å². The summed E-state index contributed by atoms with van der Waals surface area (Å²) in [6, 6.07) is 0. The van der Waals surface area contributed by atoms with Crippen LogP contribution in [-0.2, 0) is 9.47 Å². The molecule has 3 aliphatic heterocycles. The van der Waals surface area contributed by atoms with Gasteiger partial charge in [0.15, 0.2) is 0 Å². The van der Waals surface area contributed by atoms with Crippen LogP contribution < -0.4 is 4.90 Å². The number of ether oxygens (including phenoxy) is 2. The second-order valence-electron chi connectivity index (χ2n) is 7.15. The van der Waals surface area contributed by atoms with Crippen molar-refractivity contribution in [1.82, 2.24) is 14.9 Å². The van der Waals surface area contributed by atoms with Crippen LogP contribution in [0.25, 0.3) is 0 Å². The van der Waals surface area contributed by atoms with E-state index >= 15 is 0 Å². The molecule has 4 heterocycles. The maximum absolute atomic E-state index is 12.5. The summed E-state index contributed by atoms with van der Waals surface area (Å²) >= 11 is 0. The molecule has 0 N–H and O–H groups in total. The Morgan fingerprint density at radius 1 is 1.42 bits per heavy atom. The SMILES string of the molecule is COC[C@@]12COC[C@@H]1CN(c1cncc(C(=O)N3CCCC3)n1)C2. The van der Waals surface area contributed by atoms with Gasteiger partial charge in [-0.1, -0.05) is 0 Å². The first-order chi connectivity index (χ1) is 11.7. The average Bonchev–Trinajstić information content (AvgIpc) is 3.30. The molecule has 3 saturated heterocycles. The molecule has 7 heteroatoms. The molecule has 4 rings (SSSR count). The van der Waals surface area contributed by atoms with Crippen molar-refractivity contribution < 1.29 is 14.3 Å². The second-order valence-corrected chi connectivity index (χ2v) is 7.15. The van der Waals surface area contributed by atoms with Gasteiger partial charge in [-0.2, -0.15) is 0 Å². The van der Waals surface area contributed by atoms with E-state index < -0.39 is 0 Å². The Balaban J connectivity index is 1.53. The van der Waals surface area contributed by atoms with E-state index in [0.29, 0.717) is 18.2 Å². The second kappa shape index (κ2) is 6.29. The molecule has 7 nitrogen and oxygen atoms in total. The predicted octanol–water partition coefficient (Wildman–Crippen LogP) is 0.812. The molecule has 0 unspecified atom stereocenters. The highest BCUT2D eigenvalue weighted by atomic mass is 16.5. The van der Waals surface area contributed by atoms with Crippen LogP contribution in [0.1, 0.15) is 23.3 Å². The largest absolute Gasteiger partial charge is 0.384 e. The highest BCUT2D eigenvalue weighted by molar-refractivity contribution is 5.92. The van der Waals surface area contributed by atoms with Gasteiger partial charge in [-0.3, -0.25) is 9.78 Å². The molecule has 0 spiro atoms. The summed E-state index contributed by atoms with van der Waals surface area (Å²) in [6.07, 6.45) is 5.48. The Labute approximate surface area is 142 Å². The van der Waals surface area contributed by atoms with Gasteiger partial charge in [0, 0.05) is 44.6 Å². The van der Waals surface area contributed by atoms with Crippen LogP contribution in [0.3, 0.4) is 0 Å². The molecule has 0 aliphatic carbocycles. The zero-order valence-corrected chi connectivity index (χ0v) is 14.1. The molecule has 1 aromatic rings. The number of carbonyl (C=O) groups excluding carboxylic acids is 1. The van der Waals surface area contributed by atoms with Crippen molar-refractivity contribution in [3.05, 3.63) is 18.1 Å². The highest BCUT2D eigenvalue weighted by Crippen LogP contribution is 2.42. The molecular formula is C17H24N4O3. The van der Waals surface area contributed by atoms with Crippen LogP contribution in [-0.4, -0.2) is 73.9 Å². The molecular weight excluding hydrogens is 308 g/mol. The van der Waals surface area contributed by atoms with Gasteiger partial charge >= 0.3 is 0 Å². The summed E-state index contributed by atoms with van der Waals surface area (Å²) in [5.41, 5.74) is 0.481. The third-order valence-electron chi connectivity index (χ3n) is 5.51. The van der Waals surface area contributed by atoms with E-state index in [1.54, 1.807) is 19.5 Å². The van der Waals surface area contributed by atoms with Crippen LogP contribution >= 0.6 is 0 Å². The van der Waals surface area contributed by atoms with Gasteiger partial charge in [0.25, 0.3) is 5.91 Å². The average molecular weight is 332 g/mol. The summed E-state index contributed by atoms with van der Waals surface area (Å²) in [7, 11) is 1.74. The van der Waals surface area contributed by atoms with Crippen molar-refractivity contribution in [2.24, 2.45) is 11.3 Å². The zero-order chi connectivity index (χ0) is 16.6. The van der Waals surface area contributed by atoms with Gasteiger partial charge in [0.1, 0.15) is 11.5 Å². The normalized spacial score (nSPS) is 29.3. The number of rotatable bonds is 4. The highest BCUT2D eigenvalue weighted by Gasteiger charge is 2.51. The summed E-state index contributed by atoms with van der Waals surface area (Å²) < 4.78 is 11.1. The van der Waals surface area contributed by atoms with E-state index in [9.17, 15) is 4.79 Å². The molecule has 3 aliphatic rings. The van der Waals surface area contributed by atoms with Gasteiger partial charge in [-0.15, -0.1) is 0 Å². The number of amides is 1. The number of hydrogen-bond acceptors (Lipinski definition) is 6. The summed E-state index contributed by atoms with van der Waals surface area (Å²) in [6.45, 7) is 5.53. The molecule has 0 aromatic carbocycles. The molecule has 0 saturated carbocycles. The molecule has 1 amide bonds. The summed E-state index contributed by atoms with van der Waals surface area (Å²) in [5, 5.41) is 0. The van der Waals surface area contributed by atoms with Crippen LogP contribution in [0.15, 0.2) is 12.4 Å². The third kappa shape index (κ3) is 2.65. The molecule has 3 fully saturated rings. The topological polar surface area (TPSA) is 67.8 Å². The van der Waals surface area contributed by atoms with Crippen LogP contribution in [0.2, 0.25) is 0 Å². The lowest BCUT2D eigenvalue weighted by molar-refractivity contribution is 0.0660. The zero-order valence-electron chi connectivity index (χ0n) is 14.1. The first-order valence-electron chi connectivity index (χ1n) is 8.65. The quantitative estimate of drug-likeness (QED) is 0.813. The van der Waals surface area contributed by atoms with Crippen LogP contribution in [0, 0.1) is 11.3 Å². The van der Waals surface area contributed by atoms with Gasteiger partial charge in [-0.25, -0.2) is 4.98 Å². The summed E-state index contributed by atoms with van der Waals surface area (Å²) in [5.74, 6) is 1.22. The number of aromatic nitrogens is 2. The lowest BCUT2D eigenvalue weighted by atomic mass is 9.82. The van der Waals surface area contributed by atoms with Gasteiger partial charge in [0.2, 0.25) is 0 Å². The van der Waals surface area contributed by atoms with Crippen molar-refractivity contribution in [3.8, 4) is 0 Å². The number of methoxy groups -OCH3 is 1. The van der Waals surface area contributed by atoms with Gasteiger partial charge in [0.05, 0.1) is 32.2 Å². The fraction of sp³-hybridized carbons (Fsp3) is 0.706. The maximum Gasteiger partial charge on any atom is 0.274 e. The minimum Gasteiger partial charge on any atom is -0.384 e. The minimum atomic E-state index is -0.00354. The first kappa shape index (κ1) is 15.8. The Hall–Kier alpha value is -1.73. The van der Waals surface area contributed by atoms with Crippen molar-refractivity contribution in [3.63, 3.8) is 0 Å². The van der Waals surface area contributed by atoms with Crippen LogP contribution in [0.5, 0.6) is 0 Å². The lowest BCUT2D eigenvalue weighted by Gasteiger charge is -2.26. The van der Waals surface area contributed by atoms with Crippen molar-refractivity contribution in [2.45, 2.75) is 12.8 Å². The van der Waals surface area contributed by atoms with E-state index in [4.69, 9.17) is 9.47 Å². The summed E-state index contributed by atoms with van der Waals surface area (Å²) in [4.78, 5) is 25.5. The maximum atomic E-state index is 12.5. The van der Waals surface area contributed by atoms with Crippen molar-refractivity contribution in [1.29, 1.82) is 0 Å². The Morgan fingerprint density at radius 3 is 3.04 bits per heavy atom. The molecule has 1 aromatic heterocycles. The van der Waals surface area contributed by atoms with E-state index in [1.807, 2.05) is 4.90 Å². The van der Waals surface area contributed by atoms with E-state index in [-0.39, 0.29) is 11.3 Å². The van der Waals surface area contributed by atoms with Gasteiger partial charge < -0.3 is 19.3 Å². The number of anilines is 1. The monoisotopic (exact) mass is 332 g/mol. The molecule has 0 bridgehead atoms. The predicted molar refractivity (Wildman–Crippen MR) is 88.0 cm³/mol. The smallest absolute Gasteiger partial charge is 0.274 e. The Morgan fingerprint density at radius 2 is 2.25 bits per heavy atom. The van der Waals surface area contributed by atoms with Crippen molar-refractivity contribution in [2.75, 3.05) is 58.0 Å². The number of likely N-dealkylation sites (tertiary alicyclic amines) is 1. The number of carbonyl (C=O) groups is 1. The van der Waals surface area contributed by atoms with Gasteiger partial charge in [-0.05, 0) is 12.8 Å². The molecule has 130 valence electrons. The fourth-order valence-corrected chi connectivity index (χ4v) is 4.19. The lowest BCUT2D eigenvalue weighted by Crippen LogP contribution is -2.35. The third-order valence-corrected chi connectivity index (χ3v) is 5.51. The Bertz CT molecular complexity index is 620. The minimum absolute atomic E-state index is 0.00354. The van der Waals surface area contributed by atoms with E-state index in [0.717, 1.165) is 58.1 Å². The van der Waals surface area contributed by atoms with Crippen LogP contribution in [0.4, 0.5) is 5.82 Å². The van der Waals surface area contributed by atoms with Crippen molar-refractivity contribution >= 4 is 11.7 Å². The first-order valence-corrected chi connectivity index (χ1v) is 8.65. The Kier molecular flexibility index (Phi) is 4.14. The number of fused-ring (bicyclic) bond motifs is 1. The number of nitrogens with zero attached hydrogens (tertiary/aromatic N) is 4. The number of hydrogen-bond donors (Lipinski definition) is 0. The van der Waals surface area contributed by atoms with E-state index in [1.165, 1.54) is 0 Å². The molecule has 24 heavy (non-hydrogen) atoms. The molecule has 0 radical (unpaired) electrons. The fourth-order valence-electron chi connectivity index (χ4n) is 4.19.